The minimum absolute atomic E-state index is 0.00894. The van der Waals surface area contributed by atoms with Gasteiger partial charge in [0.1, 0.15) is 0 Å². The molecule has 2 rings (SSSR count). The lowest BCUT2D eigenvalue weighted by Gasteiger charge is -2.02. The summed E-state index contributed by atoms with van der Waals surface area (Å²) in [5.74, 6) is -2.22. The zero-order chi connectivity index (χ0) is 14.2. The third-order valence-electron chi connectivity index (χ3n) is 3.83. The van der Waals surface area contributed by atoms with Gasteiger partial charge < -0.3 is 5.11 Å². The molecule has 0 spiro atoms. The average molecular weight is 282 g/mol. The SMILES string of the molecule is CCc1ccc([C@@H]2[C@H](C(=O)O)[C@@H]2S(=O)(=O)CC)cc1. The summed E-state index contributed by atoms with van der Waals surface area (Å²) in [4.78, 5) is 11.2. The molecule has 1 saturated carbocycles. The van der Waals surface area contributed by atoms with Crippen LogP contribution in [0.5, 0.6) is 0 Å². The summed E-state index contributed by atoms with van der Waals surface area (Å²) in [7, 11) is -3.31. The van der Waals surface area contributed by atoms with Crippen LogP contribution in [-0.4, -0.2) is 30.5 Å². The second-order valence-corrected chi connectivity index (χ2v) is 7.35. The van der Waals surface area contributed by atoms with E-state index in [0.29, 0.717) is 0 Å². The van der Waals surface area contributed by atoms with E-state index in [1.807, 2.05) is 31.2 Å². The number of hydrogen-bond donors (Lipinski definition) is 1. The van der Waals surface area contributed by atoms with Crippen LogP contribution < -0.4 is 0 Å². The highest BCUT2D eigenvalue weighted by Gasteiger charge is 2.62. The molecule has 1 aromatic rings. The van der Waals surface area contributed by atoms with Crippen LogP contribution in [0.4, 0.5) is 0 Å². The van der Waals surface area contributed by atoms with E-state index in [9.17, 15) is 13.2 Å². The molecule has 0 amide bonds. The molecule has 0 bridgehead atoms. The van der Waals surface area contributed by atoms with Gasteiger partial charge in [0.05, 0.1) is 11.2 Å². The van der Waals surface area contributed by atoms with E-state index in [1.165, 1.54) is 0 Å². The molecular formula is C14H18O4S. The maximum atomic E-state index is 11.9. The predicted octanol–water partition coefficient (Wildman–Crippen LogP) is 1.85. The number of benzene rings is 1. The van der Waals surface area contributed by atoms with E-state index in [0.717, 1.165) is 17.5 Å². The molecule has 0 saturated heterocycles. The van der Waals surface area contributed by atoms with Crippen LogP contribution in [0, 0.1) is 5.92 Å². The van der Waals surface area contributed by atoms with Crippen molar-refractivity contribution in [2.24, 2.45) is 5.92 Å². The van der Waals surface area contributed by atoms with Crippen molar-refractivity contribution < 1.29 is 18.3 Å². The van der Waals surface area contributed by atoms with Crippen LogP contribution in [0.15, 0.2) is 24.3 Å². The van der Waals surface area contributed by atoms with Crippen molar-refractivity contribution in [3.05, 3.63) is 35.4 Å². The molecule has 0 aliphatic heterocycles. The molecule has 4 nitrogen and oxygen atoms in total. The number of rotatable bonds is 5. The summed E-state index contributed by atoms with van der Waals surface area (Å²) >= 11 is 0. The van der Waals surface area contributed by atoms with Crippen LogP contribution in [0.1, 0.15) is 30.9 Å². The number of carboxylic acids is 1. The van der Waals surface area contributed by atoms with Crippen LogP contribution >= 0.6 is 0 Å². The first-order chi connectivity index (χ1) is 8.92. The highest BCUT2D eigenvalue weighted by molar-refractivity contribution is 7.92. The minimum atomic E-state index is -3.31. The zero-order valence-electron chi connectivity index (χ0n) is 11.0. The maximum Gasteiger partial charge on any atom is 0.308 e. The van der Waals surface area contributed by atoms with Gasteiger partial charge in [0.2, 0.25) is 0 Å². The molecule has 1 aromatic carbocycles. The lowest BCUT2D eigenvalue weighted by Crippen LogP contribution is -2.14. The first kappa shape index (κ1) is 14.1. The Balaban J connectivity index is 2.30. The Morgan fingerprint density at radius 1 is 1.21 bits per heavy atom. The lowest BCUT2D eigenvalue weighted by molar-refractivity contribution is -0.138. The molecule has 3 atom stereocenters. The molecular weight excluding hydrogens is 264 g/mol. The molecule has 1 aliphatic carbocycles. The van der Waals surface area contributed by atoms with Gasteiger partial charge in [-0.3, -0.25) is 4.79 Å². The van der Waals surface area contributed by atoms with E-state index >= 15 is 0 Å². The Morgan fingerprint density at radius 2 is 1.79 bits per heavy atom. The first-order valence-corrected chi connectivity index (χ1v) is 8.17. The van der Waals surface area contributed by atoms with Gasteiger partial charge in [-0.15, -0.1) is 0 Å². The van der Waals surface area contributed by atoms with E-state index in [4.69, 9.17) is 5.11 Å². The standard InChI is InChI=1S/C14H18O4S/c1-3-9-5-7-10(8-6-9)11-12(14(15)16)13(11)19(17,18)4-2/h5-8,11-13H,3-4H2,1-2H3,(H,15,16)/t11-,12+,13-/m1/s1. The van der Waals surface area contributed by atoms with Crippen molar-refractivity contribution in [1.29, 1.82) is 0 Å². The number of aryl methyl sites for hydroxylation is 1. The van der Waals surface area contributed by atoms with Crippen LogP contribution in [0.25, 0.3) is 0 Å². The summed E-state index contributed by atoms with van der Waals surface area (Å²) in [6, 6.07) is 7.57. The van der Waals surface area contributed by atoms with E-state index in [1.54, 1.807) is 6.92 Å². The third-order valence-corrected chi connectivity index (χ3v) is 6.05. The fraction of sp³-hybridized carbons (Fsp3) is 0.500. The highest BCUT2D eigenvalue weighted by atomic mass is 32.2. The van der Waals surface area contributed by atoms with Crippen LogP contribution in [0.2, 0.25) is 0 Å². The van der Waals surface area contributed by atoms with Gasteiger partial charge in [0.25, 0.3) is 0 Å². The largest absolute Gasteiger partial charge is 0.481 e. The van der Waals surface area contributed by atoms with Gasteiger partial charge in [0.15, 0.2) is 9.84 Å². The Morgan fingerprint density at radius 3 is 2.21 bits per heavy atom. The first-order valence-electron chi connectivity index (χ1n) is 6.45. The Hall–Kier alpha value is -1.36. The summed E-state index contributed by atoms with van der Waals surface area (Å²) in [6.45, 7) is 3.60. The van der Waals surface area contributed by atoms with Crippen molar-refractivity contribution >= 4 is 15.8 Å². The molecule has 0 unspecified atom stereocenters. The molecule has 0 aromatic heterocycles. The summed E-state index contributed by atoms with van der Waals surface area (Å²) in [5, 5.41) is 8.39. The highest BCUT2D eigenvalue weighted by Crippen LogP contribution is 2.52. The number of carboxylic acid groups (broad SMARTS) is 1. The second kappa shape index (κ2) is 4.96. The number of aliphatic carboxylic acids is 1. The molecule has 19 heavy (non-hydrogen) atoms. The monoisotopic (exact) mass is 282 g/mol. The van der Waals surface area contributed by atoms with Crippen molar-refractivity contribution in [3.8, 4) is 0 Å². The topological polar surface area (TPSA) is 71.4 Å². The summed E-state index contributed by atoms with van der Waals surface area (Å²) in [6.07, 6.45) is 0.907. The van der Waals surface area contributed by atoms with Gasteiger partial charge in [0, 0.05) is 11.7 Å². The lowest BCUT2D eigenvalue weighted by atomic mass is 10.1. The Bertz CT molecular complexity index is 574. The third kappa shape index (κ3) is 2.52. The molecule has 1 aliphatic rings. The molecule has 5 heteroatoms. The summed E-state index contributed by atoms with van der Waals surface area (Å²) in [5.41, 5.74) is 1.97. The van der Waals surface area contributed by atoms with Crippen LogP contribution in [0.3, 0.4) is 0 Å². The number of carbonyl (C=O) groups is 1. The molecule has 1 N–H and O–H groups in total. The van der Waals surface area contributed by atoms with Crippen LogP contribution in [-0.2, 0) is 21.1 Å². The number of sulfone groups is 1. The van der Waals surface area contributed by atoms with Crippen molar-refractivity contribution in [1.82, 2.24) is 0 Å². The fourth-order valence-electron chi connectivity index (χ4n) is 2.59. The second-order valence-electron chi connectivity index (χ2n) is 4.90. The van der Waals surface area contributed by atoms with E-state index < -0.39 is 32.9 Å². The molecule has 104 valence electrons. The fourth-order valence-corrected chi connectivity index (χ4v) is 4.39. The van der Waals surface area contributed by atoms with Crippen molar-refractivity contribution in [3.63, 3.8) is 0 Å². The summed E-state index contributed by atoms with van der Waals surface area (Å²) < 4.78 is 23.8. The van der Waals surface area contributed by atoms with Gasteiger partial charge in [-0.1, -0.05) is 38.1 Å². The molecule has 1 fully saturated rings. The van der Waals surface area contributed by atoms with E-state index in [-0.39, 0.29) is 5.75 Å². The predicted molar refractivity (Wildman–Crippen MR) is 72.9 cm³/mol. The quantitative estimate of drug-likeness (QED) is 0.894. The maximum absolute atomic E-state index is 11.9. The van der Waals surface area contributed by atoms with Gasteiger partial charge in [-0.05, 0) is 17.5 Å². The number of hydrogen-bond acceptors (Lipinski definition) is 3. The smallest absolute Gasteiger partial charge is 0.308 e. The van der Waals surface area contributed by atoms with Crippen molar-refractivity contribution in [2.75, 3.05) is 5.75 Å². The average Bonchev–Trinajstić information content (AvgIpc) is 3.15. The minimum Gasteiger partial charge on any atom is -0.481 e. The normalized spacial score (nSPS) is 26.1. The van der Waals surface area contributed by atoms with Gasteiger partial charge >= 0.3 is 5.97 Å². The zero-order valence-corrected chi connectivity index (χ0v) is 11.9. The van der Waals surface area contributed by atoms with Gasteiger partial charge in [-0.2, -0.15) is 0 Å². The van der Waals surface area contributed by atoms with Crippen molar-refractivity contribution in [2.45, 2.75) is 31.4 Å². The molecule has 0 radical (unpaired) electrons. The van der Waals surface area contributed by atoms with Gasteiger partial charge in [-0.25, -0.2) is 8.42 Å². The Kier molecular flexibility index (Phi) is 3.67. The Labute approximate surface area is 113 Å². The van der Waals surface area contributed by atoms with E-state index in [2.05, 4.69) is 0 Å². The molecule has 0 heterocycles.